The van der Waals surface area contributed by atoms with E-state index >= 15 is 0 Å². The van der Waals surface area contributed by atoms with Gasteiger partial charge in [-0.2, -0.15) is 0 Å². The second-order valence-electron chi connectivity index (χ2n) is 4.64. The van der Waals surface area contributed by atoms with Gasteiger partial charge in [0.1, 0.15) is 0 Å². The van der Waals surface area contributed by atoms with Crippen molar-refractivity contribution >= 4 is 10.8 Å². The molecule has 0 nitrogen and oxygen atoms in total. The average Bonchev–Trinajstić information content (AvgIpc) is 2.27. The highest BCUT2D eigenvalue weighted by atomic mass is 14.1. The zero-order chi connectivity index (χ0) is 11.5. The maximum Gasteiger partial charge on any atom is -0.000775 e. The zero-order valence-electron chi connectivity index (χ0n) is 10.2. The van der Waals surface area contributed by atoms with Crippen LogP contribution in [0, 0.1) is 0 Å². The van der Waals surface area contributed by atoms with Gasteiger partial charge in [0.2, 0.25) is 0 Å². The minimum atomic E-state index is 0.495. The lowest BCUT2D eigenvalue weighted by Crippen LogP contribution is -1.89. The Kier molecular flexibility index (Phi) is 3.09. The van der Waals surface area contributed by atoms with Gasteiger partial charge in [-0.05, 0) is 36.1 Å². The summed E-state index contributed by atoms with van der Waals surface area (Å²) in [5.74, 6) is 0.495. The Morgan fingerprint density at radius 1 is 1.00 bits per heavy atom. The van der Waals surface area contributed by atoms with Gasteiger partial charge in [-0.1, -0.05) is 61.0 Å². The van der Waals surface area contributed by atoms with E-state index in [1.54, 1.807) is 0 Å². The van der Waals surface area contributed by atoms with Crippen molar-refractivity contribution in [2.24, 2.45) is 0 Å². The predicted molar refractivity (Wildman–Crippen MR) is 71.8 cm³/mol. The van der Waals surface area contributed by atoms with Crippen molar-refractivity contribution in [2.45, 2.75) is 26.7 Å². The first-order valence-electron chi connectivity index (χ1n) is 5.80. The molecule has 0 saturated heterocycles. The monoisotopic (exact) mass is 210 g/mol. The van der Waals surface area contributed by atoms with E-state index in [0.717, 1.165) is 0 Å². The van der Waals surface area contributed by atoms with E-state index in [4.69, 9.17) is 0 Å². The van der Waals surface area contributed by atoms with Gasteiger partial charge in [0.05, 0.1) is 0 Å². The summed E-state index contributed by atoms with van der Waals surface area (Å²) in [6.45, 7) is 6.55. The molecule has 0 bridgehead atoms. The number of rotatable bonds is 2. The van der Waals surface area contributed by atoms with Gasteiger partial charge in [0.15, 0.2) is 0 Å². The summed E-state index contributed by atoms with van der Waals surface area (Å²) < 4.78 is 0. The van der Waals surface area contributed by atoms with Gasteiger partial charge in [-0.3, -0.25) is 0 Å². The number of hydrogen-bond acceptors (Lipinski definition) is 0. The van der Waals surface area contributed by atoms with Crippen molar-refractivity contribution in [1.82, 2.24) is 0 Å². The standard InChI is InChI=1S/C16H18/c1-12(2)10-13(3)15-9-8-14-6-4-5-7-16(14)11-15/h4-11,13H,1-3H3. The van der Waals surface area contributed by atoms with Crippen molar-refractivity contribution in [3.05, 3.63) is 59.7 Å². The topological polar surface area (TPSA) is 0 Å². The fourth-order valence-corrected chi connectivity index (χ4v) is 2.09. The number of allylic oxidation sites excluding steroid dienone is 2. The molecule has 0 aliphatic heterocycles. The molecule has 0 heterocycles. The minimum absolute atomic E-state index is 0.495. The molecule has 16 heavy (non-hydrogen) atoms. The maximum absolute atomic E-state index is 2.31. The molecule has 2 rings (SSSR count). The van der Waals surface area contributed by atoms with Gasteiger partial charge < -0.3 is 0 Å². The van der Waals surface area contributed by atoms with E-state index in [-0.39, 0.29) is 0 Å². The maximum atomic E-state index is 2.31. The van der Waals surface area contributed by atoms with E-state index < -0.39 is 0 Å². The lowest BCUT2D eigenvalue weighted by Gasteiger charge is -2.09. The fraction of sp³-hybridized carbons (Fsp3) is 0.250. The molecular weight excluding hydrogens is 192 g/mol. The molecule has 1 unspecified atom stereocenters. The van der Waals surface area contributed by atoms with Gasteiger partial charge in [0.25, 0.3) is 0 Å². The normalized spacial score (nSPS) is 12.4. The van der Waals surface area contributed by atoms with Crippen molar-refractivity contribution < 1.29 is 0 Å². The van der Waals surface area contributed by atoms with Crippen LogP contribution in [0.4, 0.5) is 0 Å². The Hall–Kier alpha value is -1.56. The van der Waals surface area contributed by atoms with E-state index in [2.05, 4.69) is 69.3 Å². The molecule has 0 aliphatic rings. The molecule has 0 amide bonds. The van der Waals surface area contributed by atoms with Crippen LogP contribution in [-0.2, 0) is 0 Å². The summed E-state index contributed by atoms with van der Waals surface area (Å²) >= 11 is 0. The third-order valence-corrected chi connectivity index (χ3v) is 2.88. The van der Waals surface area contributed by atoms with Crippen LogP contribution in [0.3, 0.4) is 0 Å². The highest BCUT2D eigenvalue weighted by molar-refractivity contribution is 5.83. The fourth-order valence-electron chi connectivity index (χ4n) is 2.09. The van der Waals surface area contributed by atoms with Gasteiger partial charge in [-0.25, -0.2) is 0 Å². The van der Waals surface area contributed by atoms with Crippen LogP contribution in [0.25, 0.3) is 10.8 Å². The van der Waals surface area contributed by atoms with Crippen LogP contribution in [0.1, 0.15) is 32.3 Å². The Bertz CT molecular complexity index is 516. The summed E-state index contributed by atoms with van der Waals surface area (Å²) in [5, 5.41) is 2.64. The molecule has 0 aromatic heterocycles. The molecule has 82 valence electrons. The van der Waals surface area contributed by atoms with Crippen LogP contribution < -0.4 is 0 Å². The smallest absolute Gasteiger partial charge is 0.000775 e. The zero-order valence-corrected chi connectivity index (χ0v) is 10.2. The van der Waals surface area contributed by atoms with Gasteiger partial charge in [0, 0.05) is 0 Å². The van der Waals surface area contributed by atoms with Crippen molar-refractivity contribution in [2.75, 3.05) is 0 Å². The summed E-state index contributed by atoms with van der Waals surface area (Å²) in [6.07, 6.45) is 2.31. The van der Waals surface area contributed by atoms with E-state index in [1.165, 1.54) is 21.9 Å². The number of hydrogen-bond donors (Lipinski definition) is 0. The predicted octanol–water partition coefficient (Wildman–Crippen LogP) is 4.91. The van der Waals surface area contributed by atoms with E-state index in [9.17, 15) is 0 Å². The second kappa shape index (κ2) is 4.52. The lowest BCUT2D eigenvalue weighted by molar-refractivity contribution is 0.955. The third-order valence-electron chi connectivity index (χ3n) is 2.88. The Morgan fingerprint density at radius 3 is 2.38 bits per heavy atom. The number of benzene rings is 2. The van der Waals surface area contributed by atoms with E-state index in [0.29, 0.717) is 5.92 Å². The molecule has 2 aromatic carbocycles. The van der Waals surface area contributed by atoms with Crippen LogP contribution in [-0.4, -0.2) is 0 Å². The Labute approximate surface area is 97.6 Å². The molecule has 1 atom stereocenters. The van der Waals surface area contributed by atoms with Crippen molar-refractivity contribution in [3.63, 3.8) is 0 Å². The quantitative estimate of drug-likeness (QED) is 0.618. The molecule has 0 spiro atoms. The largest absolute Gasteiger partial charge is 0.0798 e. The van der Waals surface area contributed by atoms with Crippen LogP contribution >= 0.6 is 0 Å². The second-order valence-corrected chi connectivity index (χ2v) is 4.64. The third kappa shape index (κ3) is 2.33. The molecular formula is C16H18. The average molecular weight is 210 g/mol. The molecule has 0 heteroatoms. The minimum Gasteiger partial charge on any atom is -0.0798 e. The Balaban J connectivity index is 2.43. The highest BCUT2D eigenvalue weighted by Crippen LogP contribution is 2.23. The van der Waals surface area contributed by atoms with Crippen molar-refractivity contribution in [3.8, 4) is 0 Å². The Morgan fingerprint density at radius 2 is 1.69 bits per heavy atom. The molecule has 0 fully saturated rings. The summed E-state index contributed by atoms with van der Waals surface area (Å²) in [5.41, 5.74) is 2.76. The van der Waals surface area contributed by atoms with Crippen LogP contribution in [0.15, 0.2) is 54.1 Å². The van der Waals surface area contributed by atoms with Gasteiger partial charge >= 0.3 is 0 Å². The molecule has 0 aliphatic carbocycles. The summed E-state index contributed by atoms with van der Waals surface area (Å²) in [6, 6.07) is 15.2. The highest BCUT2D eigenvalue weighted by Gasteiger charge is 2.02. The first-order valence-corrected chi connectivity index (χ1v) is 5.80. The summed E-state index contributed by atoms with van der Waals surface area (Å²) in [7, 11) is 0. The first kappa shape index (κ1) is 10.9. The van der Waals surface area contributed by atoms with Crippen LogP contribution in [0.2, 0.25) is 0 Å². The van der Waals surface area contributed by atoms with Crippen molar-refractivity contribution in [1.29, 1.82) is 0 Å². The SMILES string of the molecule is CC(C)=CC(C)c1ccc2ccccc2c1. The first-order chi connectivity index (χ1) is 7.66. The number of fused-ring (bicyclic) bond motifs is 1. The lowest BCUT2D eigenvalue weighted by atomic mass is 9.96. The van der Waals surface area contributed by atoms with E-state index in [1.807, 2.05) is 0 Å². The summed E-state index contributed by atoms with van der Waals surface area (Å²) in [4.78, 5) is 0. The molecule has 2 aromatic rings. The molecule has 0 saturated carbocycles. The molecule has 0 N–H and O–H groups in total. The van der Waals surface area contributed by atoms with Gasteiger partial charge in [-0.15, -0.1) is 0 Å². The van der Waals surface area contributed by atoms with Crippen LogP contribution in [0.5, 0.6) is 0 Å². The molecule has 0 radical (unpaired) electrons.